The van der Waals surface area contributed by atoms with Gasteiger partial charge in [0.05, 0.1) is 6.10 Å². The van der Waals surface area contributed by atoms with Gasteiger partial charge < -0.3 is 15.2 Å². The number of nitrogens with one attached hydrogen (secondary N) is 1. The normalized spacial score (nSPS) is 40.8. The Morgan fingerprint density at radius 2 is 2.50 bits per heavy atom. The molecule has 2 N–H and O–H groups in total. The van der Waals surface area contributed by atoms with E-state index in [1.54, 1.807) is 0 Å². The highest BCUT2D eigenvalue weighted by Gasteiger charge is 2.51. The molecular formula is C8H13NO3. The minimum Gasteiger partial charge on any atom is -0.481 e. The van der Waals surface area contributed by atoms with Gasteiger partial charge in [-0.3, -0.25) is 4.79 Å². The predicted octanol–water partition coefficient (Wildman–Crippen LogP) is -0.160. The largest absolute Gasteiger partial charge is 0.481 e. The van der Waals surface area contributed by atoms with E-state index >= 15 is 0 Å². The van der Waals surface area contributed by atoms with Crippen molar-refractivity contribution in [3.63, 3.8) is 0 Å². The zero-order valence-corrected chi connectivity index (χ0v) is 6.88. The van der Waals surface area contributed by atoms with E-state index < -0.39 is 11.4 Å². The molecule has 0 aliphatic carbocycles. The first-order valence-corrected chi connectivity index (χ1v) is 4.31. The molecule has 0 spiro atoms. The van der Waals surface area contributed by atoms with Crippen LogP contribution in [0.4, 0.5) is 0 Å². The highest BCUT2D eigenvalue weighted by molar-refractivity contribution is 5.76. The summed E-state index contributed by atoms with van der Waals surface area (Å²) in [5.41, 5.74) is -0.627. The predicted molar refractivity (Wildman–Crippen MR) is 41.9 cm³/mol. The first-order chi connectivity index (χ1) is 5.76. The average Bonchev–Trinajstić information content (AvgIpc) is 2.48. The average molecular weight is 171 g/mol. The van der Waals surface area contributed by atoms with Gasteiger partial charge in [-0.05, 0) is 12.8 Å². The topological polar surface area (TPSA) is 58.6 Å². The lowest BCUT2D eigenvalue weighted by atomic mass is 9.79. The summed E-state index contributed by atoms with van der Waals surface area (Å²) in [6.45, 7) is 1.96. The van der Waals surface area contributed by atoms with Crippen LogP contribution in [-0.2, 0) is 9.53 Å². The van der Waals surface area contributed by atoms with E-state index in [-0.39, 0.29) is 6.10 Å². The summed E-state index contributed by atoms with van der Waals surface area (Å²) in [6, 6.07) is 0. The van der Waals surface area contributed by atoms with Crippen LogP contribution in [0.3, 0.4) is 0 Å². The number of carboxylic acid groups (broad SMARTS) is 1. The molecular weight excluding hydrogens is 158 g/mol. The summed E-state index contributed by atoms with van der Waals surface area (Å²) < 4.78 is 5.42. The Morgan fingerprint density at radius 3 is 3.17 bits per heavy atom. The standard InChI is InChI=1S/C8H13NO3/c10-7(11)8-2-1-3-12-6(8)4-9-5-8/h6,9H,1-5H2,(H,10,11). The molecule has 2 rings (SSSR count). The number of carboxylic acids is 1. The lowest BCUT2D eigenvalue weighted by molar-refractivity contribution is -0.161. The highest BCUT2D eigenvalue weighted by Crippen LogP contribution is 2.37. The van der Waals surface area contributed by atoms with Gasteiger partial charge in [-0.2, -0.15) is 0 Å². The van der Waals surface area contributed by atoms with Crippen molar-refractivity contribution in [1.82, 2.24) is 5.32 Å². The second-order valence-electron chi connectivity index (χ2n) is 3.56. The third-order valence-corrected chi connectivity index (χ3v) is 2.90. The molecule has 0 aromatic heterocycles. The third kappa shape index (κ3) is 0.949. The molecule has 4 nitrogen and oxygen atoms in total. The van der Waals surface area contributed by atoms with Crippen molar-refractivity contribution in [2.24, 2.45) is 5.41 Å². The highest BCUT2D eigenvalue weighted by atomic mass is 16.5. The molecule has 2 aliphatic heterocycles. The molecule has 2 unspecified atom stereocenters. The molecule has 2 saturated heterocycles. The van der Waals surface area contributed by atoms with Gasteiger partial charge in [-0.1, -0.05) is 0 Å². The molecule has 0 aromatic rings. The Morgan fingerprint density at radius 1 is 1.67 bits per heavy atom. The number of ether oxygens (including phenoxy) is 1. The first kappa shape index (κ1) is 8.01. The van der Waals surface area contributed by atoms with E-state index in [1.165, 1.54) is 0 Å². The van der Waals surface area contributed by atoms with Gasteiger partial charge >= 0.3 is 5.97 Å². The number of hydrogen-bond donors (Lipinski definition) is 2. The van der Waals surface area contributed by atoms with Gasteiger partial charge in [0, 0.05) is 19.7 Å². The number of carbonyl (C=O) groups is 1. The van der Waals surface area contributed by atoms with E-state index in [9.17, 15) is 4.79 Å². The summed E-state index contributed by atoms with van der Waals surface area (Å²) in [6.07, 6.45) is 1.51. The summed E-state index contributed by atoms with van der Waals surface area (Å²) >= 11 is 0. The fourth-order valence-electron chi connectivity index (χ4n) is 2.14. The van der Waals surface area contributed by atoms with Crippen molar-refractivity contribution in [2.75, 3.05) is 19.7 Å². The van der Waals surface area contributed by atoms with Crippen LogP contribution in [0.15, 0.2) is 0 Å². The number of hydrogen-bond acceptors (Lipinski definition) is 3. The van der Waals surface area contributed by atoms with Crippen molar-refractivity contribution >= 4 is 5.97 Å². The molecule has 0 amide bonds. The Kier molecular flexibility index (Phi) is 1.81. The van der Waals surface area contributed by atoms with Crippen LogP contribution >= 0.6 is 0 Å². The third-order valence-electron chi connectivity index (χ3n) is 2.90. The SMILES string of the molecule is O=C(O)C12CCCOC1CNC2. The van der Waals surface area contributed by atoms with E-state index in [4.69, 9.17) is 9.84 Å². The van der Waals surface area contributed by atoms with Crippen LogP contribution in [0.5, 0.6) is 0 Å². The fraction of sp³-hybridized carbons (Fsp3) is 0.875. The number of rotatable bonds is 1. The van der Waals surface area contributed by atoms with Gasteiger partial charge in [0.2, 0.25) is 0 Å². The van der Waals surface area contributed by atoms with Crippen molar-refractivity contribution in [1.29, 1.82) is 0 Å². The Bertz CT molecular complexity index is 206. The van der Waals surface area contributed by atoms with Gasteiger partial charge in [0.15, 0.2) is 0 Å². The fourth-order valence-corrected chi connectivity index (χ4v) is 2.14. The van der Waals surface area contributed by atoms with Crippen molar-refractivity contribution in [3.05, 3.63) is 0 Å². The second-order valence-corrected chi connectivity index (χ2v) is 3.56. The van der Waals surface area contributed by atoms with Gasteiger partial charge in [-0.25, -0.2) is 0 Å². The minimum atomic E-state index is -0.711. The Labute approximate surface area is 70.9 Å². The van der Waals surface area contributed by atoms with Crippen molar-refractivity contribution < 1.29 is 14.6 Å². The lowest BCUT2D eigenvalue weighted by Gasteiger charge is -2.34. The van der Waals surface area contributed by atoms with Crippen molar-refractivity contribution in [2.45, 2.75) is 18.9 Å². The maximum Gasteiger partial charge on any atom is 0.313 e. The van der Waals surface area contributed by atoms with Gasteiger partial charge in [0.25, 0.3) is 0 Å². The molecule has 2 aliphatic rings. The molecule has 12 heavy (non-hydrogen) atoms. The van der Waals surface area contributed by atoms with E-state index in [1.807, 2.05) is 0 Å². The maximum absolute atomic E-state index is 11.0. The maximum atomic E-state index is 11.0. The van der Waals surface area contributed by atoms with E-state index in [2.05, 4.69) is 5.32 Å². The van der Waals surface area contributed by atoms with Crippen LogP contribution in [-0.4, -0.2) is 36.9 Å². The number of fused-ring (bicyclic) bond motifs is 1. The molecule has 2 heterocycles. The lowest BCUT2D eigenvalue weighted by Crippen LogP contribution is -2.46. The molecule has 0 radical (unpaired) electrons. The van der Waals surface area contributed by atoms with Crippen LogP contribution in [0.2, 0.25) is 0 Å². The summed E-state index contributed by atoms with van der Waals surface area (Å²) in [5, 5.41) is 12.2. The molecule has 0 saturated carbocycles. The molecule has 2 fully saturated rings. The van der Waals surface area contributed by atoms with Crippen LogP contribution < -0.4 is 5.32 Å². The van der Waals surface area contributed by atoms with Gasteiger partial charge in [-0.15, -0.1) is 0 Å². The Balaban J connectivity index is 2.23. The Hall–Kier alpha value is -0.610. The van der Waals surface area contributed by atoms with Crippen LogP contribution in [0, 0.1) is 5.41 Å². The smallest absolute Gasteiger partial charge is 0.313 e. The molecule has 0 aromatic carbocycles. The van der Waals surface area contributed by atoms with E-state index in [0.717, 1.165) is 12.8 Å². The second kappa shape index (κ2) is 2.71. The van der Waals surface area contributed by atoms with Crippen LogP contribution in [0.1, 0.15) is 12.8 Å². The number of aliphatic carboxylic acids is 1. The molecule has 0 bridgehead atoms. The van der Waals surface area contributed by atoms with Crippen molar-refractivity contribution in [3.8, 4) is 0 Å². The van der Waals surface area contributed by atoms with Crippen LogP contribution in [0.25, 0.3) is 0 Å². The molecule has 4 heteroatoms. The first-order valence-electron chi connectivity index (χ1n) is 4.31. The zero-order valence-electron chi connectivity index (χ0n) is 6.88. The monoisotopic (exact) mass is 171 g/mol. The van der Waals surface area contributed by atoms with E-state index in [0.29, 0.717) is 19.7 Å². The van der Waals surface area contributed by atoms with Gasteiger partial charge in [0.1, 0.15) is 5.41 Å². The summed E-state index contributed by atoms with van der Waals surface area (Å²) in [7, 11) is 0. The molecule has 68 valence electrons. The quantitative estimate of drug-likeness (QED) is 0.575. The minimum absolute atomic E-state index is 0.108. The summed E-state index contributed by atoms with van der Waals surface area (Å²) in [5.74, 6) is -0.711. The molecule has 2 atom stereocenters. The zero-order chi connectivity index (χ0) is 8.60. The summed E-state index contributed by atoms with van der Waals surface area (Å²) in [4.78, 5) is 11.0.